The summed E-state index contributed by atoms with van der Waals surface area (Å²) in [6.07, 6.45) is 0.611. The topological polar surface area (TPSA) is 94.2 Å². The van der Waals surface area contributed by atoms with Crippen LogP contribution in [0.25, 0.3) is 0 Å². The van der Waals surface area contributed by atoms with E-state index in [1.165, 1.54) is 0 Å². The molecule has 124 valence electrons. The minimum atomic E-state index is -1.04. The average Bonchev–Trinajstić information content (AvgIpc) is 2.62. The molecule has 5 atom stereocenters. The summed E-state index contributed by atoms with van der Waals surface area (Å²) in [5.74, 6) is 1.77. The van der Waals surface area contributed by atoms with Crippen LogP contribution in [0, 0.1) is 0 Å². The van der Waals surface area contributed by atoms with Crippen molar-refractivity contribution in [3.8, 4) is 0 Å². The summed E-state index contributed by atoms with van der Waals surface area (Å²) >= 11 is 1.78. The van der Waals surface area contributed by atoms with E-state index in [0.29, 0.717) is 13.2 Å². The van der Waals surface area contributed by atoms with E-state index in [1.807, 2.05) is 0 Å². The van der Waals surface area contributed by atoms with Crippen LogP contribution >= 0.6 is 11.8 Å². The summed E-state index contributed by atoms with van der Waals surface area (Å²) in [4.78, 5) is 0. The molecule has 3 aliphatic rings. The van der Waals surface area contributed by atoms with Gasteiger partial charge in [-0.25, -0.2) is 0 Å². The zero-order chi connectivity index (χ0) is 15.1. The molecule has 21 heavy (non-hydrogen) atoms. The number of ether oxygens (including phenoxy) is 3. The quantitative estimate of drug-likeness (QED) is 0.573. The van der Waals surface area contributed by atoms with E-state index < -0.39 is 24.6 Å². The summed E-state index contributed by atoms with van der Waals surface area (Å²) in [5, 5.41) is 20.2. The van der Waals surface area contributed by atoms with Crippen LogP contribution in [0.15, 0.2) is 0 Å². The smallest absolute Gasteiger partial charge is 0.186 e. The maximum atomic E-state index is 10.2. The Morgan fingerprint density at radius 2 is 1.86 bits per heavy atom. The Balaban J connectivity index is 1.81. The molecule has 0 radical (unpaired) electrons. The highest BCUT2D eigenvalue weighted by Gasteiger charge is 2.46. The zero-order valence-electron chi connectivity index (χ0n) is 12.4. The molecule has 2 bridgehead atoms. The first-order valence-electron chi connectivity index (χ1n) is 7.76. The molecule has 0 amide bonds. The second-order valence-corrected chi connectivity index (χ2v) is 6.66. The molecular formula is C14H27NO5S. The standard InChI is InChI=1S/C14H27NO5S/c15-5-2-1-3-8-21-9-10-13-11(16)12(17)14(20-10)19-7-4-6-18-13/h10-14,16-17H,1-9,15H2. The third kappa shape index (κ3) is 5.06. The van der Waals surface area contributed by atoms with Crippen LogP contribution in [0.1, 0.15) is 25.7 Å². The van der Waals surface area contributed by atoms with Gasteiger partial charge in [-0.3, -0.25) is 0 Å². The van der Waals surface area contributed by atoms with E-state index in [4.69, 9.17) is 19.9 Å². The zero-order valence-corrected chi connectivity index (χ0v) is 13.2. The van der Waals surface area contributed by atoms with Gasteiger partial charge in [-0.2, -0.15) is 11.8 Å². The molecule has 3 fully saturated rings. The predicted octanol–water partition coefficient (Wildman–Crippen LogP) is 0.101. The van der Waals surface area contributed by atoms with Gasteiger partial charge in [0.2, 0.25) is 0 Å². The Hall–Kier alpha value is 0.110. The van der Waals surface area contributed by atoms with Crippen LogP contribution in [0.3, 0.4) is 0 Å². The van der Waals surface area contributed by atoms with Crippen LogP contribution in [0.2, 0.25) is 0 Å². The molecule has 6 nitrogen and oxygen atoms in total. The van der Waals surface area contributed by atoms with Crippen molar-refractivity contribution in [1.82, 2.24) is 0 Å². The molecule has 0 aromatic carbocycles. The second-order valence-electron chi connectivity index (χ2n) is 5.51. The molecule has 3 heterocycles. The van der Waals surface area contributed by atoms with Crippen LogP contribution in [-0.4, -0.2) is 72.2 Å². The third-order valence-electron chi connectivity index (χ3n) is 3.80. The lowest BCUT2D eigenvalue weighted by molar-refractivity contribution is -0.289. The number of rotatable bonds is 7. The highest BCUT2D eigenvalue weighted by molar-refractivity contribution is 7.99. The summed E-state index contributed by atoms with van der Waals surface area (Å²) in [5.41, 5.74) is 5.47. The predicted molar refractivity (Wildman–Crippen MR) is 81.2 cm³/mol. The van der Waals surface area contributed by atoms with Crippen LogP contribution in [-0.2, 0) is 14.2 Å². The number of thioether (sulfide) groups is 1. The Kier molecular flexibility index (Phi) is 7.73. The fourth-order valence-corrected chi connectivity index (χ4v) is 3.66. The molecule has 4 N–H and O–H groups in total. The normalized spacial score (nSPS) is 37.0. The highest BCUT2D eigenvalue weighted by Crippen LogP contribution is 2.28. The summed E-state index contributed by atoms with van der Waals surface area (Å²) in [6, 6.07) is 0. The number of hydrogen-bond donors (Lipinski definition) is 3. The summed E-state index contributed by atoms with van der Waals surface area (Å²) < 4.78 is 17.0. The van der Waals surface area contributed by atoms with Crippen molar-refractivity contribution >= 4 is 11.8 Å². The SMILES string of the molecule is NCCCCCSCC1OC2OCCCOC1C(O)C2O. The van der Waals surface area contributed by atoms with E-state index in [0.717, 1.165) is 43.7 Å². The second kappa shape index (κ2) is 9.29. The molecule has 0 aromatic rings. The number of hydrogen-bond acceptors (Lipinski definition) is 7. The van der Waals surface area contributed by atoms with E-state index in [2.05, 4.69) is 0 Å². The number of nitrogens with two attached hydrogens (primary N) is 1. The molecule has 0 spiro atoms. The van der Waals surface area contributed by atoms with Crippen molar-refractivity contribution < 1.29 is 24.4 Å². The molecule has 3 saturated heterocycles. The number of fused-ring (bicyclic) bond motifs is 6. The van der Waals surface area contributed by atoms with Gasteiger partial charge in [0.1, 0.15) is 18.3 Å². The Bertz CT molecular complexity index is 295. The van der Waals surface area contributed by atoms with Crippen molar-refractivity contribution in [1.29, 1.82) is 0 Å². The van der Waals surface area contributed by atoms with Gasteiger partial charge in [0.05, 0.1) is 12.7 Å². The van der Waals surface area contributed by atoms with Gasteiger partial charge in [-0.1, -0.05) is 6.42 Å². The van der Waals surface area contributed by atoms with Crippen molar-refractivity contribution in [2.75, 3.05) is 31.3 Å². The molecular weight excluding hydrogens is 294 g/mol. The highest BCUT2D eigenvalue weighted by atomic mass is 32.2. The van der Waals surface area contributed by atoms with Gasteiger partial charge in [0, 0.05) is 12.4 Å². The fourth-order valence-electron chi connectivity index (χ4n) is 2.59. The lowest BCUT2D eigenvalue weighted by atomic mass is 10.00. The molecule has 3 rings (SSSR count). The van der Waals surface area contributed by atoms with Gasteiger partial charge in [0.15, 0.2) is 6.29 Å². The monoisotopic (exact) mass is 321 g/mol. The average molecular weight is 321 g/mol. The van der Waals surface area contributed by atoms with Crippen molar-refractivity contribution in [3.63, 3.8) is 0 Å². The molecule has 0 aliphatic carbocycles. The minimum absolute atomic E-state index is 0.244. The van der Waals surface area contributed by atoms with Crippen molar-refractivity contribution in [2.24, 2.45) is 5.73 Å². The first-order chi connectivity index (χ1) is 10.2. The maximum absolute atomic E-state index is 10.2. The van der Waals surface area contributed by atoms with Crippen molar-refractivity contribution in [3.05, 3.63) is 0 Å². The lowest BCUT2D eigenvalue weighted by Gasteiger charge is -2.41. The number of unbranched alkanes of at least 4 members (excludes halogenated alkanes) is 2. The lowest BCUT2D eigenvalue weighted by Crippen LogP contribution is -2.59. The van der Waals surface area contributed by atoms with Crippen LogP contribution < -0.4 is 5.73 Å². The van der Waals surface area contributed by atoms with E-state index >= 15 is 0 Å². The summed E-state index contributed by atoms with van der Waals surface area (Å²) in [6.45, 7) is 1.73. The van der Waals surface area contributed by atoms with Crippen LogP contribution in [0.5, 0.6) is 0 Å². The van der Waals surface area contributed by atoms with Gasteiger partial charge >= 0.3 is 0 Å². The van der Waals surface area contributed by atoms with Gasteiger partial charge in [0.25, 0.3) is 0 Å². The minimum Gasteiger partial charge on any atom is -0.387 e. The molecule has 5 unspecified atom stereocenters. The molecule has 0 aromatic heterocycles. The fraction of sp³-hybridized carbons (Fsp3) is 1.00. The van der Waals surface area contributed by atoms with E-state index in [9.17, 15) is 10.2 Å². The van der Waals surface area contributed by atoms with E-state index in [-0.39, 0.29) is 6.10 Å². The number of aliphatic hydroxyl groups excluding tert-OH is 2. The van der Waals surface area contributed by atoms with Crippen molar-refractivity contribution in [2.45, 2.75) is 56.4 Å². The third-order valence-corrected chi connectivity index (χ3v) is 4.94. The summed E-state index contributed by atoms with van der Waals surface area (Å²) in [7, 11) is 0. The molecule has 3 aliphatic heterocycles. The van der Waals surface area contributed by atoms with Gasteiger partial charge in [-0.15, -0.1) is 0 Å². The molecule has 0 saturated carbocycles. The Labute approximate surface area is 130 Å². The van der Waals surface area contributed by atoms with E-state index in [1.54, 1.807) is 11.8 Å². The maximum Gasteiger partial charge on any atom is 0.186 e. The largest absolute Gasteiger partial charge is 0.387 e. The van der Waals surface area contributed by atoms with Gasteiger partial charge in [-0.05, 0) is 31.6 Å². The number of aliphatic hydroxyl groups is 2. The molecule has 7 heteroatoms. The Morgan fingerprint density at radius 3 is 2.67 bits per heavy atom. The van der Waals surface area contributed by atoms with Crippen LogP contribution in [0.4, 0.5) is 0 Å². The first-order valence-corrected chi connectivity index (χ1v) is 8.92. The first kappa shape index (κ1) is 17.5. The Morgan fingerprint density at radius 1 is 1.05 bits per heavy atom. The van der Waals surface area contributed by atoms with Gasteiger partial charge < -0.3 is 30.2 Å².